The van der Waals surface area contributed by atoms with Gasteiger partial charge in [-0.2, -0.15) is 5.10 Å². The molecule has 0 aliphatic heterocycles. The molecular formula is C25H26N4O5. The molecule has 176 valence electrons. The van der Waals surface area contributed by atoms with Crippen molar-refractivity contribution in [2.75, 3.05) is 18.5 Å². The zero-order valence-electron chi connectivity index (χ0n) is 18.9. The second kappa shape index (κ2) is 9.78. The number of ether oxygens (including phenoxy) is 1. The Bertz CT molecular complexity index is 1190. The highest BCUT2D eigenvalue weighted by atomic mass is 16.5. The highest BCUT2D eigenvalue weighted by molar-refractivity contribution is 5.94. The topological polar surface area (TPSA) is 123 Å². The van der Waals surface area contributed by atoms with Crippen molar-refractivity contribution in [2.24, 2.45) is 13.0 Å². The molecule has 0 radical (unpaired) electrons. The molecule has 4 rings (SSSR count). The maximum Gasteiger partial charge on any atom is 0.412 e. The standard InChI is InChI=1S/C25H26N4O5/c1-15(11-23(30)31)13-26-24(32)21-12-22(29(2)28-21)27-25(33)34-14-20-18-9-5-3-7-16(18)17-8-4-6-10-19(17)20/h3-10,12,15,20H,11,13-14H2,1-2H3,(H,26,32)(H,27,33)(H,30,31). The number of aliphatic carboxylic acids is 1. The van der Waals surface area contributed by atoms with Gasteiger partial charge in [-0.15, -0.1) is 0 Å². The fourth-order valence-corrected chi connectivity index (χ4v) is 4.16. The second-order valence-corrected chi connectivity index (χ2v) is 8.40. The van der Waals surface area contributed by atoms with Gasteiger partial charge in [-0.25, -0.2) is 4.79 Å². The Balaban J connectivity index is 1.36. The average molecular weight is 463 g/mol. The fourth-order valence-electron chi connectivity index (χ4n) is 4.16. The zero-order valence-corrected chi connectivity index (χ0v) is 18.9. The van der Waals surface area contributed by atoms with E-state index in [0.717, 1.165) is 22.3 Å². The van der Waals surface area contributed by atoms with Crippen LogP contribution in [0.15, 0.2) is 54.6 Å². The lowest BCUT2D eigenvalue weighted by Gasteiger charge is -2.14. The number of carboxylic acid groups (broad SMARTS) is 1. The van der Waals surface area contributed by atoms with E-state index in [2.05, 4.69) is 27.9 Å². The van der Waals surface area contributed by atoms with Crippen LogP contribution in [0.25, 0.3) is 11.1 Å². The molecule has 0 fully saturated rings. The van der Waals surface area contributed by atoms with Gasteiger partial charge in [0.1, 0.15) is 12.4 Å². The molecule has 1 aliphatic rings. The minimum Gasteiger partial charge on any atom is -0.481 e. The van der Waals surface area contributed by atoms with Crippen LogP contribution in [0.4, 0.5) is 10.6 Å². The van der Waals surface area contributed by atoms with Gasteiger partial charge in [0.15, 0.2) is 5.69 Å². The Hall–Kier alpha value is -4.14. The highest BCUT2D eigenvalue weighted by Gasteiger charge is 2.29. The number of amides is 2. The molecule has 1 heterocycles. The van der Waals surface area contributed by atoms with Crippen molar-refractivity contribution in [2.45, 2.75) is 19.3 Å². The van der Waals surface area contributed by atoms with Crippen LogP contribution in [0.1, 0.15) is 40.9 Å². The summed E-state index contributed by atoms with van der Waals surface area (Å²) in [5.74, 6) is -1.34. The number of aryl methyl sites for hydroxylation is 1. The fraction of sp³-hybridized carbons (Fsp3) is 0.280. The number of fused-ring (bicyclic) bond motifs is 3. The van der Waals surface area contributed by atoms with Crippen LogP contribution in [0.2, 0.25) is 0 Å². The third-order valence-corrected chi connectivity index (χ3v) is 5.82. The summed E-state index contributed by atoms with van der Waals surface area (Å²) < 4.78 is 6.91. The SMILES string of the molecule is CC(CNC(=O)c1cc(NC(=O)OCC2c3ccccc3-c3ccccc32)n(C)n1)CC(=O)O. The van der Waals surface area contributed by atoms with Crippen molar-refractivity contribution in [3.63, 3.8) is 0 Å². The van der Waals surface area contributed by atoms with Crippen molar-refractivity contribution in [1.29, 1.82) is 0 Å². The predicted octanol–water partition coefficient (Wildman–Crippen LogP) is 3.62. The smallest absolute Gasteiger partial charge is 0.412 e. The highest BCUT2D eigenvalue weighted by Crippen LogP contribution is 2.44. The number of carboxylic acids is 1. The largest absolute Gasteiger partial charge is 0.481 e. The summed E-state index contributed by atoms with van der Waals surface area (Å²) in [7, 11) is 1.60. The number of nitrogens with one attached hydrogen (secondary N) is 2. The number of hydrogen-bond donors (Lipinski definition) is 3. The number of aromatic nitrogens is 2. The molecule has 3 aromatic rings. The molecule has 1 aliphatic carbocycles. The van der Waals surface area contributed by atoms with E-state index in [1.165, 1.54) is 10.7 Å². The van der Waals surface area contributed by atoms with Crippen LogP contribution in [-0.4, -0.2) is 46.0 Å². The first kappa shape index (κ1) is 23.0. The van der Waals surface area contributed by atoms with Gasteiger partial charge in [0.2, 0.25) is 0 Å². The Morgan fingerprint density at radius 2 is 1.71 bits per heavy atom. The Morgan fingerprint density at radius 3 is 2.32 bits per heavy atom. The number of rotatable bonds is 8. The van der Waals surface area contributed by atoms with Crippen molar-refractivity contribution in [3.8, 4) is 11.1 Å². The van der Waals surface area contributed by atoms with Gasteiger partial charge in [0.05, 0.1) is 0 Å². The molecule has 2 amide bonds. The molecule has 1 unspecified atom stereocenters. The second-order valence-electron chi connectivity index (χ2n) is 8.40. The Morgan fingerprint density at radius 1 is 1.09 bits per heavy atom. The number of nitrogens with zero attached hydrogens (tertiary/aromatic N) is 2. The van der Waals surface area contributed by atoms with E-state index >= 15 is 0 Å². The summed E-state index contributed by atoms with van der Waals surface area (Å²) in [5.41, 5.74) is 4.64. The van der Waals surface area contributed by atoms with Crippen LogP contribution < -0.4 is 10.6 Å². The van der Waals surface area contributed by atoms with Crippen LogP contribution >= 0.6 is 0 Å². The third kappa shape index (κ3) is 4.93. The summed E-state index contributed by atoms with van der Waals surface area (Å²) in [6.45, 7) is 2.11. The number of carbonyl (C=O) groups is 3. The van der Waals surface area contributed by atoms with Crippen molar-refractivity contribution >= 4 is 23.8 Å². The molecule has 9 heteroatoms. The summed E-state index contributed by atoms with van der Waals surface area (Å²) >= 11 is 0. The van der Waals surface area contributed by atoms with Gasteiger partial charge in [-0.3, -0.25) is 19.6 Å². The normalized spacial score (nSPS) is 13.0. The number of anilines is 1. The summed E-state index contributed by atoms with van der Waals surface area (Å²) in [6.07, 6.45) is -0.691. The Kier molecular flexibility index (Phi) is 6.62. The first-order chi connectivity index (χ1) is 16.3. The lowest BCUT2D eigenvalue weighted by atomic mass is 9.98. The first-order valence-corrected chi connectivity index (χ1v) is 11.0. The summed E-state index contributed by atoms with van der Waals surface area (Å²) in [4.78, 5) is 35.6. The quantitative estimate of drug-likeness (QED) is 0.470. The van der Waals surface area contributed by atoms with E-state index in [-0.39, 0.29) is 37.1 Å². The van der Waals surface area contributed by atoms with E-state index < -0.39 is 18.0 Å². The van der Waals surface area contributed by atoms with Crippen LogP contribution in [0, 0.1) is 5.92 Å². The van der Waals surface area contributed by atoms with Crippen molar-refractivity contribution < 1.29 is 24.2 Å². The van der Waals surface area contributed by atoms with Crippen LogP contribution in [0.3, 0.4) is 0 Å². The summed E-state index contributed by atoms with van der Waals surface area (Å²) in [5, 5.41) is 18.2. The molecule has 1 aromatic heterocycles. The number of carbonyl (C=O) groups excluding carboxylic acids is 2. The van der Waals surface area contributed by atoms with Gasteiger partial charge in [0.25, 0.3) is 5.91 Å². The number of benzene rings is 2. The lowest BCUT2D eigenvalue weighted by Crippen LogP contribution is -2.29. The molecule has 9 nitrogen and oxygen atoms in total. The molecule has 2 aromatic carbocycles. The maximum atomic E-state index is 12.5. The molecule has 0 bridgehead atoms. The van der Waals surface area contributed by atoms with E-state index in [9.17, 15) is 14.4 Å². The maximum absolute atomic E-state index is 12.5. The molecule has 34 heavy (non-hydrogen) atoms. The molecule has 0 spiro atoms. The molecular weight excluding hydrogens is 436 g/mol. The number of hydrogen-bond acceptors (Lipinski definition) is 5. The molecule has 0 saturated heterocycles. The first-order valence-electron chi connectivity index (χ1n) is 11.0. The minimum atomic E-state index is -0.922. The van der Waals surface area contributed by atoms with Crippen LogP contribution in [-0.2, 0) is 16.6 Å². The molecule has 0 saturated carbocycles. The van der Waals surface area contributed by atoms with Crippen molar-refractivity contribution in [1.82, 2.24) is 15.1 Å². The van der Waals surface area contributed by atoms with Gasteiger partial charge in [-0.05, 0) is 28.2 Å². The zero-order chi connectivity index (χ0) is 24.2. The molecule has 3 N–H and O–H groups in total. The van der Waals surface area contributed by atoms with Crippen molar-refractivity contribution in [3.05, 3.63) is 71.4 Å². The van der Waals surface area contributed by atoms with E-state index in [0.29, 0.717) is 5.82 Å². The lowest BCUT2D eigenvalue weighted by molar-refractivity contribution is -0.137. The van der Waals surface area contributed by atoms with E-state index in [1.807, 2.05) is 36.4 Å². The average Bonchev–Trinajstić information content (AvgIpc) is 3.33. The Labute approximate surface area is 196 Å². The van der Waals surface area contributed by atoms with Gasteiger partial charge in [-0.1, -0.05) is 55.5 Å². The van der Waals surface area contributed by atoms with Crippen LogP contribution in [0.5, 0.6) is 0 Å². The van der Waals surface area contributed by atoms with Gasteiger partial charge >= 0.3 is 12.1 Å². The van der Waals surface area contributed by atoms with E-state index in [4.69, 9.17) is 9.84 Å². The summed E-state index contributed by atoms with van der Waals surface area (Å²) in [6, 6.07) is 17.6. The predicted molar refractivity (Wildman–Crippen MR) is 126 cm³/mol. The van der Waals surface area contributed by atoms with Gasteiger partial charge < -0.3 is 15.2 Å². The third-order valence-electron chi connectivity index (χ3n) is 5.82. The molecule has 1 atom stereocenters. The minimum absolute atomic E-state index is 0.0446. The van der Waals surface area contributed by atoms with Gasteiger partial charge in [0, 0.05) is 32.0 Å². The van der Waals surface area contributed by atoms with E-state index in [1.54, 1.807) is 14.0 Å². The monoisotopic (exact) mass is 462 g/mol.